The molecule has 0 radical (unpaired) electrons. The maximum Gasteiger partial charge on any atom is 0.240 e. The first-order valence-electron chi connectivity index (χ1n) is 5.94. The minimum atomic E-state index is -3.91. The lowest BCUT2D eigenvalue weighted by Gasteiger charge is -2.12. The van der Waals surface area contributed by atoms with Crippen LogP contribution in [-0.4, -0.2) is 22.9 Å². The minimum absolute atomic E-state index is 0.0665. The number of sulfonamides is 2. The van der Waals surface area contributed by atoms with Crippen LogP contribution < -0.4 is 9.86 Å². The number of primary sulfonamides is 1. The van der Waals surface area contributed by atoms with Gasteiger partial charge in [-0.3, -0.25) is 0 Å². The maximum absolute atomic E-state index is 12.1. The molecule has 0 saturated heterocycles. The molecule has 1 saturated carbocycles. The van der Waals surface area contributed by atoms with E-state index in [1.165, 1.54) is 18.2 Å². The van der Waals surface area contributed by atoms with Gasteiger partial charge in [0, 0.05) is 6.04 Å². The first kappa shape index (κ1) is 14.4. The fourth-order valence-electron chi connectivity index (χ4n) is 2.15. The van der Waals surface area contributed by atoms with E-state index in [4.69, 9.17) is 5.14 Å². The van der Waals surface area contributed by atoms with Gasteiger partial charge in [-0.25, -0.2) is 26.7 Å². The van der Waals surface area contributed by atoms with Crippen LogP contribution in [0.1, 0.15) is 25.7 Å². The lowest BCUT2D eigenvalue weighted by molar-refractivity contribution is 0.552. The lowest BCUT2D eigenvalue weighted by Crippen LogP contribution is -2.32. The van der Waals surface area contributed by atoms with Gasteiger partial charge in [-0.2, -0.15) is 0 Å². The normalized spacial score (nSPS) is 17.7. The summed E-state index contributed by atoms with van der Waals surface area (Å²) in [5.74, 6) is 0. The molecule has 3 N–H and O–H groups in total. The topological polar surface area (TPSA) is 106 Å². The summed E-state index contributed by atoms with van der Waals surface area (Å²) in [6.07, 6.45) is 3.64. The van der Waals surface area contributed by atoms with Crippen LogP contribution in [0, 0.1) is 0 Å². The molecular formula is C11H16N2O4S2. The molecular weight excluding hydrogens is 288 g/mol. The summed E-state index contributed by atoms with van der Waals surface area (Å²) >= 11 is 0. The van der Waals surface area contributed by atoms with Crippen molar-refractivity contribution in [3.8, 4) is 0 Å². The van der Waals surface area contributed by atoms with Crippen LogP contribution in [0.3, 0.4) is 0 Å². The van der Waals surface area contributed by atoms with Gasteiger partial charge in [-0.05, 0) is 31.0 Å². The highest BCUT2D eigenvalue weighted by Crippen LogP contribution is 2.21. The van der Waals surface area contributed by atoms with Gasteiger partial charge in [0.25, 0.3) is 0 Å². The van der Waals surface area contributed by atoms with Crippen molar-refractivity contribution in [3.63, 3.8) is 0 Å². The molecule has 8 heteroatoms. The third-order valence-corrected chi connectivity index (χ3v) is 5.55. The third kappa shape index (κ3) is 3.53. The highest BCUT2D eigenvalue weighted by Gasteiger charge is 2.23. The van der Waals surface area contributed by atoms with E-state index in [9.17, 15) is 16.8 Å². The number of benzene rings is 1. The molecule has 1 aromatic rings. The van der Waals surface area contributed by atoms with Gasteiger partial charge in [0.15, 0.2) is 0 Å². The molecule has 0 bridgehead atoms. The molecule has 6 nitrogen and oxygen atoms in total. The molecule has 0 atom stereocenters. The lowest BCUT2D eigenvalue weighted by atomic mass is 10.3. The van der Waals surface area contributed by atoms with E-state index in [-0.39, 0.29) is 15.8 Å². The second kappa shape index (κ2) is 5.20. The highest BCUT2D eigenvalue weighted by molar-refractivity contribution is 7.90. The summed E-state index contributed by atoms with van der Waals surface area (Å²) in [6.45, 7) is 0. The van der Waals surface area contributed by atoms with Crippen molar-refractivity contribution in [2.45, 2.75) is 41.5 Å². The molecule has 0 heterocycles. The summed E-state index contributed by atoms with van der Waals surface area (Å²) in [4.78, 5) is -0.285. The Bertz CT molecular complexity index is 662. The van der Waals surface area contributed by atoms with Crippen LogP contribution >= 0.6 is 0 Å². The molecule has 1 aliphatic rings. The van der Waals surface area contributed by atoms with E-state index in [1.807, 2.05) is 0 Å². The minimum Gasteiger partial charge on any atom is -0.225 e. The largest absolute Gasteiger partial charge is 0.240 e. The van der Waals surface area contributed by atoms with Gasteiger partial charge in [0.05, 0.1) is 9.79 Å². The van der Waals surface area contributed by atoms with Crippen molar-refractivity contribution >= 4 is 20.0 Å². The molecule has 0 aromatic heterocycles. The Hall–Kier alpha value is -0.960. The van der Waals surface area contributed by atoms with E-state index in [0.717, 1.165) is 31.7 Å². The Balaban J connectivity index is 2.30. The van der Waals surface area contributed by atoms with Gasteiger partial charge in [-0.15, -0.1) is 0 Å². The van der Waals surface area contributed by atoms with Crippen molar-refractivity contribution in [1.82, 2.24) is 4.72 Å². The van der Waals surface area contributed by atoms with E-state index < -0.39 is 20.0 Å². The molecule has 106 valence electrons. The van der Waals surface area contributed by atoms with E-state index >= 15 is 0 Å². The predicted octanol–water partition coefficient (Wildman–Crippen LogP) is 0.555. The standard InChI is InChI=1S/C11H16N2O4S2/c12-18(14,15)10-6-3-7-11(8-10)19(16,17)13-9-4-1-2-5-9/h3,6-9,13H,1-2,4-5H2,(H2,12,14,15). The summed E-state index contributed by atoms with van der Waals surface area (Å²) in [7, 11) is -7.60. The SMILES string of the molecule is NS(=O)(=O)c1cccc(S(=O)(=O)NC2CCCC2)c1. The number of nitrogens with one attached hydrogen (secondary N) is 1. The number of rotatable bonds is 4. The monoisotopic (exact) mass is 304 g/mol. The van der Waals surface area contributed by atoms with Crippen molar-refractivity contribution in [2.75, 3.05) is 0 Å². The summed E-state index contributed by atoms with van der Waals surface area (Å²) in [5, 5.41) is 4.99. The van der Waals surface area contributed by atoms with Crippen LogP contribution in [-0.2, 0) is 20.0 Å². The fraction of sp³-hybridized carbons (Fsp3) is 0.455. The first-order valence-corrected chi connectivity index (χ1v) is 8.97. The van der Waals surface area contributed by atoms with Gasteiger partial charge in [0.2, 0.25) is 20.0 Å². The first-order chi connectivity index (χ1) is 8.79. The third-order valence-electron chi connectivity index (χ3n) is 3.12. The molecule has 0 amide bonds. The number of hydrogen-bond acceptors (Lipinski definition) is 4. The molecule has 1 fully saturated rings. The number of hydrogen-bond donors (Lipinski definition) is 2. The Morgan fingerprint density at radius 1 is 1.05 bits per heavy atom. The van der Waals surface area contributed by atoms with Gasteiger partial charge < -0.3 is 0 Å². The molecule has 1 aliphatic carbocycles. The summed E-state index contributed by atoms with van der Waals surface area (Å²) in [5.41, 5.74) is 0. The van der Waals surface area contributed by atoms with E-state index in [2.05, 4.69) is 4.72 Å². The Morgan fingerprint density at radius 2 is 1.63 bits per heavy atom. The van der Waals surface area contributed by atoms with Crippen molar-refractivity contribution in [1.29, 1.82) is 0 Å². The zero-order valence-corrected chi connectivity index (χ0v) is 11.9. The Morgan fingerprint density at radius 3 is 2.21 bits per heavy atom. The van der Waals surface area contributed by atoms with Crippen LogP contribution in [0.5, 0.6) is 0 Å². The van der Waals surface area contributed by atoms with Gasteiger partial charge in [-0.1, -0.05) is 18.9 Å². The van der Waals surface area contributed by atoms with Gasteiger partial charge >= 0.3 is 0 Å². The predicted molar refractivity (Wildman–Crippen MR) is 70.4 cm³/mol. The molecule has 19 heavy (non-hydrogen) atoms. The Labute approximate surface area is 113 Å². The van der Waals surface area contributed by atoms with Crippen LogP contribution in [0.25, 0.3) is 0 Å². The molecule has 0 spiro atoms. The zero-order chi connectivity index (χ0) is 14.1. The molecule has 0 unspecified atom stereocenters. The van der Waals surface area contributed by atoms with Gasteiger partial charge in [0.1, 0.15) is 0 Å². The highest BCUT2D eigenvalue weighted by atomic mass is 32.2. The maximum atomic E-state index is 12.1. The molecule has 2 rings (SSSR count). The van der Waals surface area contributed by atoms with Crippen molar-refractivity contribution < 1.29 is 16.8 Å². The average Bonchev–Trinajstić information content (AvgIpc) is 2.80. The van der Waals surface area contributed by atoms with Crippen LogP contribution in [0.2, 0.25) is 0 Å². The molecule has 0 aliphatic heterocycles. The summed E-state index contributed by atoms with van der Waals surface area (Å²) in [6, 6.07) is 4.99. The quantitative estimate of drug-likeness (QED) is 0.847. The smallest absolute Gasteiger partial charge is 0.225 e. The fourth-order valence-corrected chi connectivity index (χ4v) is 4.13. The summed E-state index contributed by atoms with van der Waals surface area (Å²) < 4.78 is 49.3. The van der Waals surface area contributed by atoms with Crippen molar-refractivity contribution in [3.05, 3.63) is 24.3 Å². The zero-order valence-electron chi connectivity index (χ0n) is 10.2. The van der Waals surface area contributed by atoms with E-state index in [1.54, 1.807) is 0 Å². The van der Waals surface area contributed by atoms with Crippen molar-refractivity contribution in [2.24, 2.45) is 5.14 Å². The van der Waals surface area contributed by atoms with Crippen LogP contribution in [0.4, 0.5) is 0 Å². The van der Waals surface area contributed by atoms with E-state index in [0.29, 0.717) is 0 Å². The Kier molecular flexibility index (Phi) is 3.95. The average molecular weight is 304 g/mol. The second-order valence-electron chi connectivity index (χ2n) is 4.62. The second-order valence-corrected chi connectivity index (χ2v) is 7.90. The molecule has 1 aromatic carbocycles. The van der Waals surface area contributed by atoms with Crippen LogP contribution in [0.15, 0.2) is 34.1 Å². The number of nitrogens with two attached hydrogens (primary N) is 1.